The number of anilines is 1. The molecule has 0 amide bonds. The summed E-state index contributed by atoms with van der Waals surface area (Å²) in [5.74, 6) is 0. The van der Waals surface area contributed by atoms with E-state index in [0.717, 1.165) is 22.7 Å². The monoisotopic (exact) mass is 330 g/mol. The summed E-state index contributed by atoms with van der Waals surface area (Å²) >= 11 is 0. The van der Waals surface area contributed by atoms with Crippen LogP contribution in [0, 0.1) is 0 Å². The zero-order valence-corrected chi connectivity index (χ0v) is 13.3. The predicted molar refractivity (Wildman–Crippen MR) is 89.1 cm³/mol. The highest BCUT2D eigenvalue weighted by molar-refractivity contribution is 5.86. The highest BCUT2D eigenvalue weighted by Crippen LogP contribution is 2.49. The number of hydrogen-bond acceptors (Lipinski definition) is 1. The first kappa shape index (κ1) is 15.1. The molecule has 2 heterocycles. The third-order valence-electron chi connectivity index (χ3n) is 4.99. The van der Waals surface area contributed by atoms with E-state index >= 15 is 0 Å². The summed E-state index contributed by atoms with van der Waals surface area (Å²) in [6, 6.07) is 12.0. The van der Waals surface area contributed by atoms with Gasteiger partial charge in [-0.15, -0.1) is 0 Å². The summed E-state index contributed by atoms with van der Waals surface area (Å²) in [7, 11) is 0. The fourth-order valence-electron chi connectivity index (χ4n) is 3.69. The van der Waals surface area contributed by atoms with Crippen molar-refractivity contribution in [2.45, 2.75) is 31.5 Å². The number of benzene rings is 2. The van der Waals surface area contributed by atoms with Crippen LogP contribution >= 0.6 is 0 Å². The van der Waals surface area contributed by atoms with Gasteiger partial charge in [-0.05, 0) is 23.8 Å². The van der Waals surface area contributed by atoms with Gasteiger partial charge in [0, 0.05) is 33.8 Å². The van der Waals surface area contributed by atoms with E-state index in [4.69, 9.17) is 0 Å². The molecular weight excluding hydrogens is 313 g/mol. The third kappa shape index (κ3) is 2.11. The van der Waals surface area contributed by atoms with E-state index in [-0.39, 0.29) is 11.5 Å². The number of aromatic nitrogens is 1. The van der Waals surface area contributed by atoms with Crippen molar-refractivity contribution in [1.82, 2.24) is 4.98 Å². The van der Waals surface area contributed by atoms with Crippen molar-refractivity contribution < 1.29 is 13.2 Å². The second kappa shape index (κ2) is 4.79. The van der Waals surface area contributed by atoms with E-state index < -0.39 is 11.7 Å². The van der Waals surface area contributed by atoms with Crippen molar-refractivity contribution in [2.75, 3.05) is 5.32 Å². The molecule has 2 N–H and O–H groups in total. The van der Waals surface area contributed by atoms with Crippen LogP contribution in [0.5, 0.6) is 0 Å². The molecule has 0 fully saturated rings. The van der Waals surface area contributed by atoms with Gasteiger partial charge >= 0.3 is 6.18 Å². The quantitative estimate of drug-likeness (QED) is 0.594. The van der Waals surface area contributed by atoms with Crippen molar-refractivity contribution in [2.24, 2.45) is 0 Å². The molecule has 124 valence electrons. The number of aromatic amines is 1. The van der Waals surface area contributed by atoms with Gasteiger partial charge in [-0.2, -0.15) is 13.2 Å². The normalized spacial score (nSPS) is 19.3. The lowest BCUT2D eigenvalue weighted by Crippen LogP contribution is -2.25. The number of para-hydroxylation sites is 1. The first-order valence-electron chi connectivity index (χ1n) is 7.83. The van der Waals surface area contributed by atoms with Crippen LogP contribution < -0.4 is 5.32 Å². The number of rotatable bonds is 1. The lowest BCUT2D eigenvalue weighted by molar-refractivity contribution is -0.137. The molecule has 24 heavy (non-hydrogen) atoms. The molecule has 1 aromatic heterocycles. The van der Waals surface area contributed by atoms with Crippen LogP contribution in [0.4, 0.5) is 18.9 Å². The number of H-pyrrole nitrogens is 1. The number of alkyl halides is 3. The Bertz CT molecular complexity index is 922. The Morgan fingerprint density at radius 3 is 2.50 bits per heavy atom. The second-order valence-corrected chi connectivity index (χ2v) is 6.85. The van der Waals surface area contributed by atoms with E-state index in [1.165, 1.54) is 11.6 Å². The lowest BCUT2D eigenvalue weighted by Gasteiger charge is -2.27. The molecule has 2 nitrogen and oxygen atoms in total. The smallest absolute Gasteiger partial charge is 0.377 e. The minimum Gasteiger partial charge on any atom is -0.377 e. The van der Waals surface area contributed by atoms with E-state index in [0.29, 0.717) is 5.52 Å². The fourth-order valence-corrected chi connectivity index (χ4v) is 3.69. The Labute approximate surface area is 137 Å². The van der Waals surface area contributed by atoms with Gasteiger partial charge in [-0.25, -0.2) is 0 Å². The van der Waals surface area contributed by atoms with Crippen LogP contribution in [-0.4, -0.2) is 4.98 Å². The second-order valence-electron chi connectivity index (χ2n) is 6.85. The summed E-state index contributed by atoms with van der Waals surface area (Å²) < 4.78 is 38.7. The average molecular weight is 330 g/mol. The maximum Gasteiger partial charge on any atom is 0.416 e. The summed E-state index contributed by atoms with van der Waals surface area (Å²) in [4.78, 5) is 3.00. The van der Waals surface area contributed by atoms with Crippen LogP contribution in [-0.2, 0) is 11.6 Å². The molecule has 2 aromatic carbocycles. The van der Waals surface area contributed by atoms with Gasteiger partial charge in [0.25, 0.3) is 0 Å². The molecule has 0 saturated carbocycles. The Morgan fingerprint density at radius 1 is 1.04 bits per heavy atom. The van der Waals surface area contributed by atoms with Gasteiger partial charge in [0.15, 0.2) is 0 Å². The first-order chi connectivity index (χ1) is 11.3. The molecule has 5 heteroatoms. The van der Waals surface area contributed by atoms with E-state index in [1.54, 1.807) is 6.07 Å². The molecule has 1 unspecified atom stereocenters. The zero-order chi connectivity index (χ0) is 17.1. The Hall–Kier alpha value is -2.43. The molecule has 1 aliphatic rings. The Kier molecular flexibility index (Phi) is 3.02. The molecule has 0 radical (unpaired) electrons. The summed E-state index contributed by atoms with van der Waals surface area (Å²) in [5.41, 5.74) is 3.00. The summed E-state index contributed by atoms with van der Waals surface area (Å²) in [6.45, 7) is 4.30. The molecule has 1 atom stereocenters. The van der Waals surface area contributed by atoms with Gasteiger partial charge in [-0.1, -0.05) is 38.1 Å². The van der Waals surface area contributed by atoms with Gasteiger partial charge in [0.05, 0.1) is 11.6 Å². The SMILES string of the molecule is CC1(C)c2ccccc2NC1c1c[nH]c2cc(C(F)(F)F)ccc12. The maximum absolute atomic E-state index is 12.9. The molecule has 0 aliphatic carbocycles. The van der Waals surface area contributed by atoms with Crippen molar-refractivity contribution >= 4 is 16.6 Å². The topological polar surface area (TPSA) is 27.8 Å². The maximum atomic E-state index is 12.9. The molecule has 0 spiro atoms. The number of fused-ring (bicyclic) bond motifs is 2. The lowest BCUT2D eigenvalue weighted by atomic mass is 9.78. The standard InChI is InChI=1S/C19H17F3N2/c1-18(2)14-5-3-4-6-15(14)24-17(18)13-10-23-16-9-11(19(20,21)22)7-8-12(13)16/h3-10,17,23-24H,1-2H3. The van der Waals surface area contributed by atoms with Crippen molar-refractivity contribution in [3.05, 3.63) is 65.4 Å². The molecule has 3 aromatic rings. The van der Waals surface area contributed by atoms with Crippen LogP contribution in [0.2, 0.25) is 0 Å². The number of hydrogen-bond donors (Lipinski definition) is 2. The minimum atomic E-state index is -4.33. The fraction of sp³-hybridized carbons (Fsp3) is 0.263. The van der Waals surface area contributed by atoms with Crippen LogP contribution in [0.15, 0.2) is 48.7 Å². The van der Waals surface area contributed by atoms with Crippen LogP contribution in [0.1, 0.15) is 36.6 Å². The van der Waals surface area contributed by atoms with Gasteiger partial charge in [0.2, 0.25) is 0 Å². The molecule has 0 bridgehead atoms. The zero-order valence-electron chi connectivity index (χ0n) is 13.3. The molecule has 1 aliphatic heterocycles. The number of nitrogens with one attached hydrogen (secondary N) is 2. The van der Waals surface area contributed by atoms with Gasteiger partial charge in [0.1, 0.15) is 0 Å². The van der Waals surface area contributed by atoms with Crippen molar-refractivity contribution in [1.29, 1.82) is 0 Å². The van der Waals surface area contributed by atoms with E-state index in [2.05, 4.69) is 30.2 Å². The molecular formula is C19H17F3N2. The molecule has 4 rings (SSSR count). The third-order valence-corrected chi connectivity index (χ3v) is 4.99. The largest absolute Gasteiger partial charge is 0.416 e. The van der Waals surface area contributed by atoms with Crippen LogP contribution in [0.3, 0.4) is 0 Å². The average Bonchev–Trinajstić information content (AvgIpc) is 3.05. The highest BCUT2D eigenvalue weighted by atomic mass is 19.4. The van der Waals surface area contributed by atoms with E-state index in [9.17, 15) is 13.2 Å². The molecule has 0 saturated heterocycles. The highest BCUT2D eigenvalue weighted by Gasteiger charge is 2.41. The predicted octanol–water partition coefficient (Wildman–Crippen LogP) is 5.63. The van der Waals surface area contributed by atoms with Crippen molar-refractivity contribution in [3.63, 3.8) is 0 Å². The van der Waals surface area contributed by atoms with Gasteiger partial charge < -0.3 is 10.3 Å². The van der Waals surface area contributed by atoms with Crippen LogP contribution in [0.25, 0.3) is 10.9 Å². The Balaban J connectivity index is 1.81. The van der Waals surface area contributed by atoms with Crippen molar-refractivity contribution in [3.8, 4) is 0 Å². The summed E-state index contributed by atoms with van der Waals surface area (Å²) in [6.07, 6.45) is -2.52. The van der Waals surface area contributed by atoms with E-state index in [1.807, 2.05) is 24.4 Å². The Morgan fingerprint density at radius 2 is 1.79 bits per heavy atom. The first-order valence-corrected chi connectivity index (χ1v) is 7.83. The van der Waals surface area contributed by atoms with Gasteiger partial charge in [-0.3, -0.25) is 0 Å². The minimum absolute atomic E-state index is 0.000358. The summed E-state index contributed by atoms with van der Waals surface area (Å²) in [5, 5.41) is 4.34. The number of halogens is 3.